The lowest BCUT2D eigenvalue weighted by Gasteiger charge is -2.20. The van der Waals surface area contributed by atoms with E-state index in [9.17, 15) is 33.8 Å². The molecule has 2 atom stereocenters. The standard InChI is InChI=1S/C31H34FN3O7/c1-2-3-16-42-31(41)27(18-21-6-14-25(37)15-7-21)34-28(38)19-33-30(40)26(17-20-4-12-24(36)13-5-20)35-29(39)22-8-10-23(32)11-9-22/h4-15,26-27,36-37H,2-3,16-19H2,1H3,(H,33,40)(H,34,38)(H,35,39)/t26-,27-/m0/s1. The zero-order chi connectivity index (χ0) is 30.5. The molecule has 0 saturated carbocycles. The molecule has 3 rings (SSSR count). The van der Waals surface area contributed by atoms with Crippen LogP contribution in [0.2, 0.25) is 0 Å². The van der Waals surface area contributed by atoms with Crippen molar-refractivity contribution in [2.45, 2.75) is 44.7 Å². The first-order chi connectivity index (χ1) is 20.1. The molecule has 0 fully saturated rings. The van der Waals surface area contributed by atoms with Crippen LogP contribution in [-0.4, -0.2) is 59.1 Å². The number of esters is 1. The Morgan fingerprint density at radius 1 is 0.786 bits per heavy atom. The third-order valence-electron chi connectivity index (χ3n) is 6.27. The predicted octanol–water partition coefficient (Wildman–Crippen LogP) is 2.76. The largest absolute Gasteiger partial charge is 0.508 e. The van der Waals surface area contributed by atoms with Crippen LogP contribution in [0.4, 0.5) is 4.39 Å². The summed E-state index contributed by atoms with van der Waals surface area (Å²) in [5.74, 6) is -3.02. The minimum absolute atomic E-state index is 0.0295. The number of hydrogen-bond donors (Lipinski definition) is 5. The molecule has 0 saturated heterocycles. The van der Waals surface area contributed by atoms with Crippen molar-refractivity contribution in [2.75, 3.05) is 13.2 Å². The van der Waals surface area contributed by atoms with E-state index in [4.69, 9.17) is 4.74 Å². The second kappa shape index (κ2) is 15.8. The molecule has 3 aromatic carbocycles. The van der Waals surface area contributed by atoms with E-state index in [2.05, 4.69) is 16.0 Å². The van der Waals surface area contributed by atoms with Crippen LogP contribution in [0.1, 0.15) is 41.3 Å². The Balaban J connectivity index is 1.67. The second-order valence-corrected chi connectivity index (χ2v) is 9.63. The molecule has 10 nitrogen and oxygen atoms in total. The van der Waals surface area contributed by atoms with Crippen LogP contribution >= 0.6 is 0 Å². The number of hydrogen-bond acceptors (Lipinski definition) is 7. The van der Waals surface area contributed by atoms with E-state index in [0.29, 0.717) is 17.5 Å². The molecule has 11 heteroatoms. The first kappa shape index (κ1) is 31.6. The van der Waals surface area contributed by atoms with Crippen LogP contribution in [0.15, 0.2) is 72.8 Å². The summed E-state index contributed by atoms with van der Waals surface area (Å²) >= 11 is 0. The fourth-order valence-electron chi connectivity index (χ4n) is 3.93. The van der Waals surface area contributed by atoms with E-state index < -0.39 is 48.1 Å². The predicted molar refractivity (Wildman–Crippen MR) is 152 cm³/mol. The van der Waals surface area contributed by atoms with Gasteiger partial charge in [0.25, 0.3) is 5.91 Å². The van der Waals surface area contributed by atoms with Crippen molar-refractivity contribution in [3.63, 3.8) is 0 Å². The summed E-state index contributed by atoms with van der Waals surface area (Å²) in [6, 6.07) is 14.9. The van der Waals surface area contributed by atoms with Crippen molar-refractivity contribution in [3.05, 3.63) is 95.3 Å². The van der Waals surface area contributed by atoms with Gasteiger partial charge in [-0.1, -0.05) is 37.6 Å². The number of aromatic hydroxyl groups is 2. The topological polar surface area (TPSA) is 154 Å². The van der Waals surface area contributed by atoms with Gasteiger partial charge < -0.3 is 30.9 Å². The van der Waals surface area contributed by atoms with Gasteiger partial charge in [-0.2, -0.15) is 0 Å². The summed E-state index contributed by atoms with van der Waals surface area (Å²) in [6.07, 6.45) is 1.61. The van der Waals surface area contributed by atoms with Gasteiger partial charge in [-0.05, 0) is 66.1 Å². The second-order valence-electron chi connectivity index (χ2n) is 9.63. The van der Waals surface area contributed by atoms with E-state index in [1.54, 1.807) is 24.3 Å². The normalized spacial score (nSPS) is 12.0. The van der Waals surface area contributed by atoms with Crippen LogP contribution < -0.4 is 16.0 Å². The van der Waals surface area contributed by atoms with Crippen molar-refractivity contribution in [3.8, 4) is 11.5 Å². The van der Waals surface area contributed by atoms with Gasteiger partial charge in [0.2, 0.25) is 11.8 Å². The number of carbonyl (C=O) groups excluding carboxylic acids is 4. The minimum atomic E-state index is -1.12. The van der Waals surface area contributed by atoms with Gasteiger partial charge >= 0.3 is 5.97 Å². The Labute approximate surface area is 242 Å². The Hall–Kier alpha value is -4.93. The number of nitrogens with one attached hydrogen (secondary N) is 3. The van der Waals surface area contributed by atoms with Gasteiger partial charge in [0.05, 0.1) is 13.2 Å². The van der Waals surface area contributed by atoms with E-state index in [0.717, 1.165) is 18.6 Å². The molecule has 0 aliphatic heterocycles. The first-order valence-corrected chi connectivity index (χ1v) is 13.5. The van der Waals surface area contributed by atoms with Gasteiger partial charge in [-0.25, -0.2) is 9.18 Å². The van der Waals surface area contributed by atoms with E-state index in [1.807, 2.05) is 6.92 Å². The molecule has 222 valence electrons. The van der Waals surface area contributed by atoms with Crippen molar-refractivity contribution in [2.24, 2.45) is 0 Å². The molecule has 3 amide bonds. The van der Waals surface area contributed by atoms with Crippen molar-refractivity contribution in [1.82, 2.24) is 16.0 Å². The van der Waals surface area contributed by atoms with E-state index in [-0.39, 0.29) is 36.5 Å². The lowest BCUT2D eigenvalue weighted by molar-refractivity contribution is -0.147. The number of unbranched alkanes of at least 4 members (excludes halogenated alkanes) is 1. The van der Waals surface area contributed by atoms with Crippen LogP contribution in [0.5, 0.6) is 11.5 Å². The minimum Gasteiger partial charge on any atom is -0.508 e. The number of ether oxygens (including phenoxy) is 1. The van der Waals surface area contributed by atoms with Gasteiger partial charge in [0.1, 0.15) is 29.4 Å². The van der Waals surface area contributed by atoms with Crippen LogP contribution in [0, 0.1) is 5.82 Å². The van der Waals surface area contributed by atoms with Crippen LogP contribution in [-0.2, 0) is 32.0 Å². The molecule has 0 spiro atoms. The average Bonchev–Trinajstić information content (AvgIpc) is 2.97. The summed E-state index contributed by atoms with van der Waals surface area (Å²) in [5, 5.41) is 26.8. The summed E-state index contributed by atoms with van der Waals surface area (Å²) in [6.45, 7) is 1.65. The van der Waals surface area contributed by atoms with Crippen molar-refractivity contribution < 1.29 is 38.5 Å². The third-order valence-corrected chi connectivity index (χ3v) is 6.27. The molecule has 42 heavy (non-hydrogen) atoms. The molecule has 0 aliphatic rings. The van der Waals surface area contributed by atoms with Gasteiger partial charge in [-0.15, -0.1) is 0 Å². The quantitative estimate of drug-likeness (QED) is 0.145. The summed E-state index contributed by atoms with van der Waals surface area (Å²) in [5.41, 5.74) is 1.43. The molecule has 5 N–H and O–H groups in total. The Bertz CT molecular complexity index is 1350. The SMILES string of the molecule is CCCCOC(=O)[C@H](Cc1ccc(O)cc1)NC(=O)CNC(=O)[C@H](Cc1ccc(O)cc1)NC(=O)c1ccc(F)cc1. The lowest BCUT2D eigenvalue weighted by atomic mass is 10.0. The zero-order valence-electron chi connectivity index (χ0n) is 23.1. The number of amides is 3. The van der Waals surface area contributed by atoms with E-state index >= 15 is 0 Å². The number of carbonyl (C=O) groups is 4. The third kappa shape index (κ3) is 10.2. The maximum atomic E-state index is 13.3. The zero-order valence-corrected chi connectivity index (χ0v) is 23.1. The van der Waals surface area contributed by atoms with Crippen LogP contribution in [0.25, 0.3) is 0 Å². The Morgan fingerprint density at radius 3 is 1.88 bits per heavy atom. The number of halogens is 1. The summed E-state index contributed by atoms with van der Waals surface area (Å²) in [4.78, 5) is 51.4. The number of phenols is 2. The molecule has 3 aromatic rings. The maximum absolute atomic E-state index is 13.3. The van der Waals surface area contributed by atoms with E-state index in [1.165, 1.54) is 36.4 Å². The highest BCUT2D eigenvalue weighted by atomic mass is 19.1. The fraction of sp³-hybridized carbons (Fsp3) is 0.290. The molecular weight excluding hydrogens is 545 g/mol. The molecule has 0 unspecified atom stereocenters. The van der Waals surface area contributed by atoms with Crippen molar-refractivity contribution >= 4 is 23.7 Å². The number of phenolic OH excluding ortho intramolecular Hbond substituents is 2. The smallest absolute Gasteiger partial charge is 0.328 e. The highest BCUT2D eigenvalue weighted by molar-refractivity contribution is 5.98. The highest BCUT2D eigenvalue weighted by Crippen LogP contribution is 2.13. The highest BCUT2D eigenvalue weighted by Gasteiger charge is 2.25. The fourth-order valence-corrected chi connectivity index (χ4v) is 3.93. The Morgan fingerprint density at radius 2 is 1.33 bits per heavy atom. The summed E-state index contributed by atoms with van der Waals surface area (Å²) in [7, 11) is 0. The van der Waals surface area contributed by atoms with Crippen LogP contribution in [0.3, 0.4) is 0 Å². The monoisotopic (exact) mass is 579 g/mol. The maximum Gasteiger partial charge on any atom is 0.328 e. The van der Waals surface area contributed by atoms with Gasteiger partial charge in [0, 0.05) is 18.4 Å². The Kier molecular flexibility index (Phi) is 11.8. The molecule has 0 bridgehead atoms. The number of rotatable bonds is 14. The average molecular weight is 580 g/mol. The van der Waals surface area contributed by atoms with Gasteiger partial charge in [0.15, 0.2) is 0 Å². The van der Waals surface area contributed by atoms with Gasteiger partial charge in [-0.3, -0.25) is 14.4 Å². The first-order valence-electron chi connectivity index (χ1n) is 13.5. The summed E-state index contributed by atoms with van der Waals surface area (Å²) < 4.78 is 18.6. The molecule has 0 aliphatic carbocycles. The molecule has 0 heterocycles. The number of benzene rings is 3. The van der Waals surface area contributed by atoms with Crippen molar-refractivity contribution in [1.29, 1.82) is 0 Å². The molecule has 0 aromatic heterocycles. The lowest BCUT2D eigenvalue weighted by Crippen LogP contribution is -2.52. The molecular formula is C31H34FN3O7. The molecule has 0 radical (unpaired) electrons.